The van der Waals surface area contributed by atoms with Gasteiger partial charge >= 0.3 is 0 Å². The molecule has 0 unspecified atom stereocenters. The van der Waals surface area contributed by atoms with Gasteiger partial charge in [-0.1, -0.05) is 13.3 Å². The lowest BCUT2D eigenvalue weighted by molar-refractivity contribution is 0.0158. The van der Waals surface area contributed by atoms with Gasteiger partial charge in [0.05, 0.1) is 0 Å². The molecule has 0 saturated heterocycles. The Hall–Kier alpha value is -0.800. The number of hydrogen-bond acceptors (Lipinski definition) is 1. The average molecular weight is 204 g/mol. The number of rotatable bonds is 6. The predicted molar refractivity (Wildman–Crippen MR) is 56.6 cm³/mol. The SMILES string of the molecule is C=NC(CCCC)=NCCC(C)(F)F. The van der Waals surface area contributed by atoms with Crippen LogP contribution in [0.25, 0.3) is 0 Å². The summed E-state index contributed by atoms with van der Waals surface area (Å²) in [5, 5.41) is 0. The Balaban J connectivity index is 3.87. The van der Waals surface area contributed by atoms with Gasteiger partial charge in [0.15, 0.2) is 0 Å². The minimum Gasteiger partial charge on any atom is -0.270 e. The summed E-state index contributed by atoms with van der Waals surface area (Å²) in [6, 6.07) is 0. The Bertz CT molecular complexity index is 195. The van der Waals surface area contributed by atoms with Crippen LogP contribution in [0.2, 0.25) is 0 Å². The Labute approximate surface area is 84.1 Å². The summed E-state index contributed by atoms with van der Waals surface area (Å²) in [6.45, 7) is 6.44. The highest BCUT2D eigenvalue weighted by Crippen LogP contribution is 2.16. The molecule has 14 heavy (non-hydrogen) atoms. The quantitative estimate of drug-likeness (QED) is 0.468. The van der Waals surface area contributed by atoms with Crippen LogP contribution in [-0.4, -0.2) is 25.0 Å². The molecule has 0 N–H and O–H groups in total. The lowest BCUT2D eigenvalue weighted by atomic mass is 10.2. The maximum absolute atomic E-state index is 12.4. The van der Waals surface area contributed by atoms with Crippen LogP contribution < -0.4 is 0 Å². The molecule has 0 amide bonds. The van der Waals surface area contributed by atoms with E-state index in [1.165, 1.54) is 0 Å². The van der Waals surface area contributed by atoms with Crippen molar-refractivity contribution in [3.8, 4) is 0 Å². The molecule has 0 aliphatic carbocycles. The van der Waals surface area contributed by atoms with Crippen LogP contribution in [-0.2, 0) is 0 Å². The van der Waals surface area contributed by atoms with Crippen LogP contribution in [0.3, 0.4) is 0 Å². The second-order valence-electron chi connectivity index (χ2n) is 3.38. The van der Waals surface area contributed by atoms with Crippen LogP contribution in [0.4, 0.5) is 8.78 Å². The van der Waals surface area contributed by atoms with E-state index in [0.717, 1.165) is 26.2 Å². The molecule has 4 heteroatoms. The van der Waals surface area contributed by atoms with Crippen LogP contribution in [0.1, 0.15) is 39.5 Å². The minimum atomic E-state index is -2.64. The highest BCUT2D eigenvalue weighted by molar-refractivity contribution is 5.86. The van der Waals surface area contributed by atoms with Crippen molar-refractivity contribution in [2.24, 2.45) is 9.98 Å². The van der Waals surface area contributed by atoms with Gasteiger partial charge in [-0.3, -0.25) is 4.99 Å². The van der Waals surface area contributed by atoms with Crippen molar-refractivity contribution < 1.29 is 8.78 Å². The number of amidine groups is 1. The van der Waals surface area contributed by atoms with E-state index >= 15 is 0 Å². The van der Waals surface area contributed by atoms with Crippen molar-refractivity contribution in [1.29, 1.82) is 0 Å². The van der Waals surface area contributed by atoms with E-state index in [4.69, 9.17) is 0 Å². The first kappa shape index (κ1) is 13.2. The molecular weight excluding hydrogens is 186 g/mol. The first-order valence-corrected chi connectivity index (χ1v) is 4.87. The van der Waals surface area contributed by atoms with Gasteiger partial charge in [0.25, 0.3) is 0 Å². The van der Waals surface area contributed by atoms with Gasteiger partial charge in [-0.15, -0.1) is 0 Å². The third-order valence-electron chi connectivity index (χ3n) is 1.78. The van der Waals surface area contributed by atoms with Crippen molar-refractivity contribution in [3.63, 3.8) is 0 Å². The van der Waals surface area contributed by atoms with E-state index in [0.29, 0.717) is 5.84 Å². The predicted octanol–water partition coefficient (Wildman–Crippen LogP) is 3.32. The van der Waals surface area contributed by atoms with Crippen LogP contribution in [0, 0.1) is 0 Å². The van der Waals surface area contributed by atoms with Crippen molar-refractivity contribution in [2.45, 2.75) is 45.5 Å². The van der Waals surface area contributed by atoms with Crippen LogP contribution in [0.5, 0.6) is 0 Å². The summed E-state index contributed by atoms with van der Waals surface area (Å²) < 4.78 is 24.8. The monoisotopic (exact) mass is 204 g/mol. The third kappa shape index (κ3) is 7.83. The zero-order valence-electron chi connectivity index (χ0n) is 8.89. The second kappa shape index (κ2) is 6.62. The maximum Gasteiger partial charge on any atom is 0.247 e. The molecule has 0 heterocycles. The summed E-state index contributed by atoms with van der Waals surface area (Å²) in [4.78, 5) is 7.67. The summed E-state index contributed by atoms with van der Waals surface area (Å²) >= 11 is 0. The summed E-state index contributed by atoms with van der Waals surface area (Å²) in [7, 11) is 0. The Morgan fingerprint density at radius 2 is 2.07 bits per heavy atom. The van der Waals surface area contributed by atoms with E-state index in [1.807, 2.05) is 0 Å². The number of unbranched alkanes of at least 4 members (excludes halogenated alkanes) is 1. The molecule has 0 radical (unpaired) electrons. The third-order valence-corrected chi connectivity index (χ3v) is 1.78. The summed E-state index contributed by atoms with van der Waals surface area (Å²) in [5.74, 6) is -2.04. The van der Waals surface area contributed by atoms with Gasteiger partial charge in [0.1, 0.15) is 5.84 Å². The zero-order chi connectivity index (χ0) is 11.0. The van der Waals surface area contributed by atoms with E-state index in [9.17, 15) is 8.78 Å². The van der Waals surface area contributed by atoms with Gasteiger partial charge < -0.3 is 0 Å². The molecule has 82 valence electrons. The topological polar surface area (TPSA) is 24.7 Å². The first-order chi connectivity index (χ1) is 6.49. The lowest BCUT2D eigenvalue weighted by Gasteiger charge is -2.07. The normalized spacial score (nSPS) is 13.0. The standard InChI is InChI=1S/C10H18F2N2/c1-4-5-6-9(13-3)14-8-7-10(2,11)12/h3-8H2,1-2H3. The fourth-order valence-corrected chi connectivity index (χ4v) is 0.924. The molecule has 0 aliphatic heterocycles. The fraction of sp³-hybridized carbons (Fsp3) is 0.800. The van der Waals surface area contributed by atoms with Crippen molar-refractivity contribution in [3.05, 3.63) is 0 Å². The first-order valence-electron chi connectivity index (χ1n) is 4.87. The molecule has 0 rings (SSSR count). The highest BCUT2D eigenvalue weighted by Gasteiger charge is 2.19. The van der Waals surface area contributed by atoms with Gasteiger partial charge in [-0.2, -0.15) is 0 Å². The molecule has 0 aromatic carbocycles. The summed E-state index contributed by atoms with van der Waals surface area (Å²) in [5.41, 5.74) is 0. The van der Waals surface area contributed by atoms with Crippen molar-refractivity contribution >= 4 is 12.6 Å². The lowest BCUT2D eigenvalue weighted by Crippen LogP contribution is -2.11. The summed E-state index contributed by atoms with van der Waals surface area (Å²) in [6.07, 6.45) is 2.52. The van der Waals surface area contributed by atoms with Gasteiger partial charge in [0.2, 0.25) is 5.92 Å². The molecule has 0 fully saturated rings. The molecule has 0 spiro atoms. The second-order valence-corrected chi connectivity index (χ2v) is 3.38. The molecule has 0 bridgehead atoms. The van der Waals surface area contributed by atoms with Crippen LogP contribution in [0.15, 0.2) is 9.98 Å². The van der Waals surface area contributed by atoms with Gasteiger partial charge in [-0.25, -0.2) is 13.8 Å². The molecular formula is C10H18F2N2. The number of hydrogen-bond donors (Lipinski definition) is 0. The Morgan fingerprint density at radius 1 is 1.43 bits per heavy atom. The zero-order valence-corrected chi connectivity index (χ0v) is 8.89. The number of nitrogens with zero attached hydrogens (tertiary/aromatic N) is 2. The minimum absolute atomic E-state index is 0.127. The van der Waals surface area contributed by atoms with Crippen molar-refractivity contribution in [1.82, 2.24) is 0 Å². The van der Waals surface area contributed by atoms with E-state index in [1.54, 1.807) is 0 Å². The molecule has 0 aromatic rings. The van der Waals surface area contributed by atoms with Gasteiger partial charge in [0, 0.05) is 19.4 Å². The molecule has 0 aromatic heterocycles. The number of aliphatic imine (C=N–C) groups is 2. The van der Waals surface area contributed by atoms with E-state index in [2.05, 4.69) is 23.6 Å². The average Bonchev–Trinajstić information content (AvgIpc) is 2.09. The molecule has 2 nitrogen and oxygen atoms in total. The van der Waals surface area contributed by atoms with Crippen LogP contribution >= 0.6 is 0 Å². The molecule has 0 aliphatic rings. The fourth-order valence-electron chi connectivity index (χ4n) is 0.924. The number of alkyl halides is 2. The smallest absolute Gasteiger partial charge is 0.247 e. The van der Waals surface area contributed by atoms with E-state index < -0.39 is 5.92 Å². The molecule has 0 atom stereocenters. The highest BCUT2D eigenvalue weighted by atomic mass is 19.3. The maximum atomic E-state index is 12.4. The Kier molecular flexibility index (Phi) is 6.25. The molecule has 0 saturated carbocycles. The number of halogens is 2. The largest absolute Gasteiger partial charge is 0.270 e. The van der Waals surface area contributed by atoms with Crippen molar-refractivity contribution in [2.75, 3.05) is 6.54 Å². The van der Waals surface area contributed by atoms with Gasteiger partial charge in [-0.05, 0) is 20.1 Å². The Morgan fingerprint density at radius 3 is 2.50 bits per heavy atom. The van der Waals surface area contributed by atoms with E-state index in [-0.39, 0.29) is 13.0 Å².